The highest BCUT2D eigenvalue weighted by Gasteiger charge is 2.31. The lowest BCUT2D eigenvalue weighted by Gasteiger charge is -2.24. The Kier molecular flexibility index (Phi) is 8.42. The van der Waals surface area contributed by atoms with Gasteiger partial charge in [0.2, 0.25) is 6.04 Å². The summed E-state index contributed by atoms with van der Waals surface area (Å²) in [4.78, 5) is 24.3. The van der Waals surface area contributed by atoms with Crippen molar-refractivity contribution in [3.8, 4) is 0 Å². The van der Waals surface area contributed by atoms with Crippen LogP contribution in [0.2, 0.25) is 0 Å². The maximum atomic E-state index is 12.1. The van der Waals surface area contributed by atoms with Gasteiger partial charge in [0.05, 0.1) is 19.3 Å². The summed E-state index contributed by atoms with van der Waals surface area (Å²) in [6.45, 7) is 3.62. The molecule has 6 nitrogen and oxygen atoms in total. The normalized spacial score (nSPS) is 10.4. The van der Waals surface area contributed by atoms with Gasteiger partial charge in [-0.05, 0) is 37.2 Å². The molecule has 0 fully saturated rings. The minimum absolute atomic E-state index is 0.142. The van der Waals surface area contributed by atoms with Crippen LogP contribution >= 0.6 is 12.2 Å². The summed E-state index contributed by atoms with van der Waals surface area (Å²) >= 11 is 5.38. The van der Waals surface area contributed by atoms with Crippen molar-refractivity contribution >= 4 is 29.3 Å². The van der Waals surface area contributed by atoms with E-state index in [1.54, 1.807) is 13.8 Å². The fourth-order valence-electron chi connectivity index (χ4n) is 2.62. The number of thiocarbonyl (C=S) groups is 1. The Bertz CT molecular complexity index is 726. The van der Waals surface area contributed by atoms with Gasteiger partial charge in [-0.25, -0.2) is 9.59 Å². The Balaban J connectivity index is 2.19. The van der Waals surface area contributed by atoms with E-state index in [9.17, 15) is 9.59 Å². The standard InChI is InChI=1S/C21H24N2O4S/c1-3-26-19(24)18(20(25)27-4-2)23-21(28)22-17(15-11-7-5-8-12-15)16-13-9-6-10-14-16/h5-14,17-18H,3-4H2,1-2H3,(H2,22,23,28). The molecule has 0 atom stereocenters. The first-order chi connectivity index (χ1) is 13.6. The topological polar surface area (TPSA) is 76.7 Å². The third-order valence-corrected chi connectivity index (χ3v) is 4.10. The van der Waals surface area contributed by atoms with Crippen LogP contribution in [-0.2, 0) is 19.1 Å². The molecule has 0 bridgehead atoms. The van der Waals surface area contributed by atoms with E-state index in [0.717, 1.165) is 11.1 Å². The summed E-state index contributed by atoms with van der Waals surface area (Å²) in [5, 5.41) is 6.05. The molecule has 0 spiro atoms. The summed E-state index contributed by atoms with van der Waals surface area (Å²) in [6.07, 6.45) is 0. The number of hydrogen-bond acceptors (Lipinski definition) is 5. The number of nitrogens with one attached hydrogen (secondary N) is 2. The van der Waals surface area contributed by atoms with E-state index in [-0.39, 0.29) is 24.4 Å². The monoisotopic (exact) mass is 400 g/mol. The molecule has 0 aliphatic carbocycles. The molecule has 0 heterocycles. The van der Waals surface area contributed by atoms with Crippen molar-refractivity contribution in [1.29, 1.82) is 0 Å². The fourth-order valence-corrected chi connectivity index (χ4v) is 2.85. The summed E-state index contributed by atoms with van der Waals surface area (Å²) in [5.74, 6) is -1.47. The quantitative estimate of drug-likeness (QED) is 0.401. The van der Waals surface area contributed by atoms with Gasteiger partial charge >= 0.3 is 11.9 Å². The van der Waals surface area contributed by atoms with Crippen molar-refractivity contribution in [1.82, 2.24) is 10.6 Å². The largest absolute Gasteiger partial charge is 0.464 e. The van der Waals surface area contributed by atoms with Gasteiger partial charge in [-0.15, -0.1) is 0 Å². The number of hydrogen-bond donors (Lipinski definition) is 2. The second-order valence-electron chi connectivity index (χ2n) is 5.81. The van der Waals surface area contributed by atoms with Crippen molar-refractivity contribution < 1.29 is 19.1 Å². The Morgan fingerprint density at radius 1 is 0.821 bits per heavy atom. The number of rotatable bonds is 8. The lowest BCUT2D eigenvalue weighted by molar-refractivity contribution is -0.157. The molecule has 2 aromatic rings. The van der Waals surface area contributed by atoms with E-state index in [2.05, 4.69) is 10.6 Å². The van der Waals surface area contributed by atoms with Gasteiger partial charge in [0.25, 0.3) is 0 Å². The van der Waals surface area contributed by atoms with Crippen molar-refractivity contribution in [2.24, 2.45) is 0 Å². The fraction of sp³-hybridized carbons (Fsp3) is 0.286. The highest BCUT2D eigenvalue weighted by atomic mass is 32.1. The Morgan fingerprint density at radius 3 is 1.64 bits per heavy atom. The van der Waals surface area contributed by atoms with Crippen molar-refractivity contribution in [2.75, 3.05) is 13.2 Å². The molecule has 2 rings (SSSR count). The first kappa shape index (κ1) is 21.4. The van der Waals surface area contributed by atoms with E-state index in [0.29, 0.717) is 0 Å². The molecule has 148 valence electrons. The number of esters is 2. The molecule has 2 aromatic carbocycles. The first-order valence-corrected chi connectivity index (χ1v) is 9.47. The summed E-state index contributed by atoms with van der Waals surface area (Å²) in [5.41, 5.74) is 1.98. The minimum atomic E-state index is -1.33. The molecule has 28 heavy (non-hydrogen) atoms. The molecular weight excluding hydrogens is 376 g/mol. The second-order valence-corrected chi connectivity index (χ2v) is 6.22. The summed E-state index contributed by atoms with van der Waals surface area (Å²) < 4.78 is 9.91. The van der Waals surface area contributed by atoms with E-state index in [1.165, 1.54) is 0 Å². The first-order valence-electron chi connectivity index (χ1n) is 9.07. The Labute approximate surface area is 170 Å². The summed E-state index contributed by atoms with van der Waals surface area (Å²) in [6, 6.07) is 17.9. The molecule has 0 amide bonds. The van der Waals surface area contributed by atoms with Crippen LogP contribution in [0, 0.1) is 0 Å². The lowest BCUT2D eigenvalue weighted by Crippen LogP contribution is -2.52. The summed E-state index contributed by atoms with van der Waals surface area (Å²) in [7, 11) is 0. The molecule has 0 aromatic heterocycles. The number of carbonyl (C=O) groups is 2. The molecule has 0 unspecified atom stereocenters. The van der Waals surface area contributed by atoms with Gasteiger partial charge in [0, 0.05) is 0 Å². The van der Waals surface area contributed by atoms with Crippen molar-refractivity contribution in [3.05, 3.63) is 71.8 Å². The zero-order valence-corrected chi connectivity index (χ0v) is 16.7. The average molecular weight is 401 g/mol. The maximum absolute atomic E-state index is 12.1. The van der Waals surface area contributed by atoms with Crippen molar-refractivity contribution in [2.45, 2.75) is 25.9 Å². The SMILES string of the molecule is CCOC(=O)C(NC(=S)NC(c1ccccc1)c1ccccc1)C(=O)OCC. The van der Waals surface area contributed by atoms with Crippen LogP contribution in [-0.4, -0.2) is 36.3 Å². The van der Waals surface area contributed by atoms with Gasteiger partial charge in [-0.3, -0.25) is 0 Å². The Morgan fingerprint density at radius 2 is 1.25 bits per heavy atom. The second kappa shape index (κ2) is 11.0. The zero-order chi connectivity index (χ0) is 20.4. The zero-order valence-electron chi connectivity index (χ0n) is 15.9. The lowest BCUT2D eigenvalue weighted by atomic mass is 9.99. The molecule has 0 aliphatic rings. The van der Waals surface area contributed by atoms with Gasteiger partial charge in [0.15, 0.2) is 5.11 Å². The number of carbonyl (C=O) groups excluding carboxylic acids is 2. The van der Waals surface area contributed by atoms with E-state index in [1.807, 2.05) is 60.7 Å². The molecule has 0 saturated carbocycles. The maximum Gasteiger partial charge on any atom is 0.340 e. The smallest absolute Gasteiger partial charge is 0.340 e. The van der Waals surface area contributed by atoms with E-state index in [4.69, 9.17) is 21.7 Å². The van der Waals surface area contributed by atoms with Gasteiger partial charge < -0.3 is 20.1 Å². The average Bonchev–Trinajstić information content (AvgIpc) is 2.72. The van der Waals surface area contributed by atoms with Crippen LogP contribution in [0.3, 0.4) is 0 Å². The minimum Gasteiger partial charge on any atom is -0.464 e. The van der Waals surface area contributed by atoms with Crippen LogP contribution in [0.15, 0.2) is 60.7 Å². The molecule has 2 N–H and O–H groups in total. The molecular formula is C21H24N2O4S. The molecule has 7 heteroatoms. The van der Waals surface area contributed by atoms with Gasteiger partial charge in [-0.1, -0.05) is 60.7 Å². The molecule has 0 saturated heterocycles. The van der Waals surface area contributed by atoms with Gasteiger partial charge in [-0.2, -0.15) is 0 Å². The van der Waals surface area contributed by atoms with Crippen LogP contribution in [0.4, 0.5) is 0 Å². The predicted octanol–water partition coefficient (Wildman–Crippen LogP) is 2.73. The Hall–Kier alpha value is -2.93. The van der Waals surface area contributed by atoms with E-state index >= 15 is 0 Å². The van der Waals surface area contributed by atoms with Crippen LogP contribution in [0.1, 0.15) is 31.0 Å². The van der Waals surface area contributed by atoms with E-state index < -0.39 is 18.0 Å². The van der Waals surface area contributed by atoms with Crippen LogP contribution in [0.5, 0.6) is 0 Å². The van der Waals surface area contributed by atoms with Crippen LogP contribution < -0.4 is 10.6 Å². The highest BCUT2D eigenvalue weighted by Crippen LogP contribution is 2.21. The van der Waals surface area contributed by atoms with Gasteiger partial charge in [0.1, 0.15) is 0 Å². The number of benzene rings is 2. The van der Waals surface area contributed by atoms with Crippen molar-refractivity contribution in [3.63, 3.8) is 0 Å². The van der Waals surface area contributed by atoms with Crippen LogP contribution in [0.25, 0.3) is 0 Å². The molecule has 0 aliphatic heterocycles. The highest BCUT2D eigenvalue weighted by molar-refractivity contribution is 7.80. The predicted molar refractivity (Wildman–Crippen MR) is 111 cm³/mol. The number of ether oxygens (including phenoxy) is 2. The third-order valence-electron chi connectivity index (χ3n) is 3.86. The molecule has 0 radical (unpaired) electrons. The third kappa shape index (κ3) is 6.06.